The average Bonchev–Trinajstić information content (AvgIpc) is 2.25. The van der Waals surface area contributed by atoms with Gasteiger partial charge in [0, 0.05) is 24.0 Å². The predicted octanol–water partition coefficient (Wildman–Crippen LogP) is 2.68. The van der Waals surface area contributed by atoms with Crippen molar-refractivity contribution >= 4 is 0 Å². The summed E-state index contributed by atoms with van der Waals surface area (Å²) in [4.78, 5) is 4.54. The largest absolute Gasteiger partial charge is 0.396 e. The number of aromatic nitrogens is 1. The highest BCUT2D eigenvalue weighted by molar-refractivity contribution is 5.33. The molecule has 1 aromatic heterocycles. The molecule has 0 aliphatic heterocycles. The first-order valence-corrected chi connectivity index (χ1v) is 6.74. The Kier molecular flexibility index (Phi) is 5.76. The molecule has 2 N–H and O–H groups in total. The highest BCUT2D eigenvalue weighted by Gasteiger charge is 2.13. The van der Waals surface area contributed by atoms with Crippen LogP contribution in [-0.4, -0.2) is 23.2 Å². The molecule has 2 atom stereocenters. The normalized spacial score (nSPS) is 14.6. The summed E-state index contributed by atoms with van der Waals surface area (Å²) in [7, 11) is 0. The Hall–Kier alpha value is -0.930. The summed E-state index contributed by atoms with van der Waals surface area (Å²) in [6.07, 6.45) is 0.851. The molecule has 1 heterocycles. The summed E-state index contributed by atoms with van der Waals surface area (Å²) in [6, 6.07) is 2.44. The molecule has 102 valence electrons. The third-order valence-electron chi connectivity index (χ3n) is 3.41. The van der Waals surface area contributed by atoms with Gasteiger partial charge in [0.25, 0.3) is 0 Å². The maximum atomic E-state index is 8.90. The van der Waals surface area contributed by atoms with Crippen LogP contribution in [0, 0.1) is 26.7 Å². The van der Waals surface area contributed by atoms with Crippen molar-refractivity contribution in [2.75, 3.05) is 13.2 Å². The highest BCUT2D eigenvalue weighted by atomic mass is 16.3. The second-order valence-electron chi connectivity index (χ2n) is 5.33. The first-order valence-electron chi connectivity index (χ1n) is 6.74. The summed E-state index contributed by atoms with van der Waals surface area (Å²) in [6.45, 7) is 11.8. The zero-order chi connectivity index (χ0) is 13.7. The number of rotatable bonds is 6. The number of hydrogen-bond donors (Lipinski definition) is 2. The SMILES string of the molecule is Cc1cc(C)c(C(C)NCC(C)CCO)c(C)n1. The Labute approximate surface area is 111 Å². The topological polar surface area (TPSA) is 45.1 Å². The molecular formula is C15H26N2O. The maximum Gasteiger partial charge on any atom is 0.0434 e. The summed E-state index contributed by atoms with van der Waals surface area (Å²) in [5.41, 5.74) is 4.79. The van der Waals surface area contributed by atoms with Crippen molar-refractivity contribution in [3.8, 4) is 0 Å². The molecule has 2 unspecified atom stereocenters. The van der Waals surface area contributed by atoms with Crippen molar-refractivity contribution in [3.05, 3.63) is 28.6 Å². The molecule has 3 nitrogen and oxygen atoms in total. The van der Waals surface area contributed by atoms with Crippen molar-refractivity contribution in [2.45, 2.75) is 47.1 Å². The van der Waals surface area contributed by atoms with Crippen LogP contribution in [0.2, 0.25) is 0 Å². The molecule has 1 rings (SSSR count). The van der Waals surface area contributed by atoms with E-state index in [2.05, 4.69) is 44.1 Å². The van der Waals surface area contributed by atoms with Crippen LogP contribution < -0.4 is 5.32 Å². The second kappa shape index (κ2) is 6.86. The van der Waals surface area contributed by atoms with E-state index in [1.54, 1.807) is 0 Å². The van der Waals surface area contributed by atoms with Crippen LogP contribution in [0.25, 0.3) is 0 Å². The van der Waals surface area contributed by atoms with Crippen LogP contribution in [0.3, 0.4) is 0 Å². The molecular weight excluding hydrogens is 224 g/mol. The van der Waals surface area contributed by atoms with Gasteiger partial charge in [0.2, 0.25) is 0 Å². The Morgan fingerprint density at radius 1 is 1.28 bits per heavy atom. The van der Waals surface area contributed by atoms with Gasteiger partial charge in [0.05, 0.1) is 0 Å². The van der Waals surface area contributed by atoms with E-state index in [0.717, 1.165) is 24.4 Å². The number of pyridine rings is 1. The molecule has 1 aromatic rings. The van der Waals surface area contributed by atoms with E-state index < -0.39 is 0 Å². The van der Waals surface area contributed by atoms with Gasteiger partial charge in [-0.05, 0) is 63.8 Å². The van der Waals surface area contributed by atoms with E-state index in [-0.39, 0.29) is 6.61 Å². The van der Waals surface area contributed by atoms with Crippen LogP contribution in [0.5, 0.6) is 0 Å². The van der Waals surface area contributed by atoms with E-state index in [1.807, 2.05) is 6.92 Å². The van der Waals surface area contributed by atoms with E-state index >= 15 is 0 Å². The standard InChI is InChI=1S/C15H26N2O/c1-10(6-7-18)9-16-13(4)15-11(2)8-12(3)17-14(15)5/h8,10,13,16,18H,6-7,9H2,1-5H3. The Balaban J connectivity index is 2.70. The van der Waals surface area contributed by atoms with Gasteiger partial charge in [-0.15, -0.1) is 0 Å². The number of nitrogens with zero attached hydrogens (tertiary/aromatic N) is 1. The number of aryl methyl sites for hydroxylation is 3. The van der Waals surface area contributed by atoms with Crippen molar-refractivity contribution in [3.63, 3.8) is 0 Å². The number of aliphatic hydroxyl groups is 1. The minimum Gasteiger partial charge on any atom is -0.396 e. The van der Waals surface area contributed by atoms with Crippen LogP contribution >= 0.6 is 0 Å². The van der Waals surface area contributed by atoms with E-state index in [9.17, 15) is 0 Å². The molecule has 0 saturated carbocycles. The molecule has 3 heteroatoms. The quantitative estimate of drug-likeness (QED) is 0.816. The van der Waals surface area contributed by atoms with E-state index in [0.29, 0.717) is 12.0 Å². The molecule has 0 aliphatic rings. The van der Waals surface area contributed by atoms with E-state index in [4.69, 9.17) is 5.11 Å². The first kappa shape index (κ1) is 15.1. The van der Waals surface area contributed by atoms with Gasteiger partial charge in [-0.3, -0.25) is 4.98 Å². The fourth-order valence-electron chi connectivity index (χ4n) is 2.49. The minimum absolute atomic E-state index is 0.265. The van der Waals surface area contributed by atoms with Crippen molar-refractivity contribution in [1.29, 1.82) is 0 Å². The Morgan fingerprint density at radius 2 is 1.94 bits per heavy atom. The van der Waals surface area contributed by atoms with Crippen molar-refractivity contribution in [1.82, 2.24) is 10.3 Å². The molecule has 0 bridgehead atoms. The van der Waals surface area contributed by atoms with Gasteiger partial charge in [-0.2, -0.15) is 0 Å². The van der Waals surface area contributed by atoms with Gasteiger partial charge in [0.15, 0.2) is 0 Å². The fourth-order valence-corrected chi connectivity index (χ4v) is 2.49. The molecule has 0 aliphatic carbocycles. The molecule has 0 spiro atoms. The fraction of sp³-hybridized carbons (Fsp3) is 0.667. The lowest BCUT2D eigenvalue weighted by atomic mass is 9.99. The molecule has 0 saturated heterocycles. The number of nitrogens with one attached hydrogen (secondary N) is 1. The molecule has 0 radical (unpaired) electrons. The second-order valence-corrected chi connectivity index (χ2v) is 5.33. The zero-order valence-electron chi connectivity index (χ0n) is 12.2. The summed E-state index contributed by atoms with van der Waals surface area (Å²) < 4.78 is 0. The first-order chi connectivity index (χ1) is 8.45. The van der Waals surface area contributed by atoms with Crippen molar-refractivity contribution in [2.24, 2.45) is 5.92 Å². The van der Waals surface area contributed by atoms with Crippen LogP contribution in [0.1, 0.15) is 48.8 Å². The predicted molar refractivity (Wildman–Crippen MR) is 75.7 cm³/mol. The summed E-state index contributed by atoms with van der Waals surface area (Å²) in [5.74, 6) is 0.497. The number of hydrogen-bond acceptors (Lipinski definition) is 3. The third-order valence-corrected chi connectivity index (χ3v) is 3.41. The average molecular weight is 250 g/mol. The minimum atomic E-state index is 0.265. The monoisotopic (exact) mass is 250 g/mol. The molecule has 18 heavy (non-hydrogen) atoms. The van der Waals surface area contributed by atoms with Crippen LogP contribution in [0.15, 0.2) is 6.07 Å². The smallest absolute Gasteiger partial charge is 0.0434 e. The lowest BCUT2D eigenvalue weighted by Crippen LogP contribution is -2.26. The van der Waals surface area contributed by atoms with Gasteiger partial charge >= 0.3 is 0 Å². The van der Waals surface area contributed by atoms with Crippen LogP contribution in [-0.2, 0) is 0 Å². The van der Waals surface area contributed by atoms with Gasteiger partial charge in [0.1, 0.15) is 0 Å². The van der Waals surface area contributed by atoms with Gasteiger partial charge in [-0.25, -0.2) is 0 Å². The van der Waals surface area contributed by atoms with Gasteiger partial charge in [-0.1, -0.05) is 6.92 Å². The number of aliphatic hydroxyl groups excluding tert-OH is 1. The van der Waals surface area contributed by atoms with E-state index in [1.165, 1.54) is 11.1 Å². The lowest BCUT2D eigenvalue weighted by Gasteiger charge is -2.21. The Morgan fingerprint density at radius 3 is 2.50 bits per heavy atom. The molecule has 0 amide bonds. The highest BCUT2D eigenvalue weighted by Crippen LogP contribution is 2.21. The van der Waals surface area contributed by atoms with Gasteiger partial charge < -0.3 is 10.4 Å². The summed E-state index contributed by atoms with van der Waals surface area (Å²) in [5, 5.41) is 12.4. The maximum absolute atomic E-state index is 8.90. The zero-order valence-corrected chi connectivity index (χ0v) is 12.2. The van der Waals surface area contributed by atoms with Crippen molar-refractivity contribution < 1.29 is 5.11 Å². The lowest BCUT2D eigenvalue weighted by molar-refractivity contribution is 0.258. The summed E-state index contributed by atoms with van der Waals surface area (Å²) >= 11 is 0. The van der Waals surface area contributed by atoms with Crippen LogP contribution in [0.4, 0.5) is 0 Å². The molecule has 0 aromatic carbocycles. The molecule has 0 fully saturated rings. The Bertz CT molecular complexity index is 367. The third kappa shape index (κ3) is 4.07.